The molecule has 0 radical (unpaired) electrons. The Labute approximate surface area is 115 Å². The normalized spacial score (nSPS) is 10.3. The highest BCUT2D eigenvalue weighted by molar-refractivity contribution is 6.34. The predicted octanol–water partition coefficient (Wildman–Crippen LogP) is 2.26. The van der Waals surface area contributed by atoms with Gasteiger partial charge in [0.15, 0.2) is 0 Å². The molecule has 2 N–H and O–H groups in total. The number of para-hydroxylation sites is 1. The number of nitrogens with zero attached hydrogens (tertiary/aromatic N) is 2. The summed E-state index contributed by atoms with van der Waals surface area (Å²) in [6, 6.07) is 6.49. The average Bonchev–Trinajstić information content (AvgIpc) is 2.40. The zero-order valence-corrected chi connectivity index (χ0v) is 11.2. The number of methoxy groups -OCH3 is 1. The van der Waals surface area contributed by atoms with Gasteiger partial charge in [-0.05, 0) is 19.1 Å². The van der Waals surface area contributed by atoms with E-state index in [0.717, 1.165) is 0 Å². The van der Waals surface area contributed by atoms with Crippen LogP contribution in [0.5, 0.6) is 5.88 Å². The van der Waals surface area contributed by atoms with Crippen molar-refractivity contribution >= 4 is 23.1 Å². The Hall–Kier alpha value is -2.14. The molecule has 0 aliphatic carbocycles. The standard InChI is InChI=1S/C13H12ClN3O2/c1-7-6-10(19-2)17-13(16-7)12(18)8-4-3-5-9(14)11(8)15/h3-6H,15H2,1-2H3. The van der Waals surface area contributed by atoms with Crippen molar-refractivity contribution in [1.29, 1.82) is 0 Å². The number of aromatic nitrogens is 2. The summed E-state index contributed by atoms with van der Waals surface area (Å²) in [5, 5.41) is 0.325. The van der Waals surface area contributed by atoms with Gasteiger partial charge in [0.2, 0.25) is 17.5 Å². The van der Waals surface area contributed by atoms with E-state index in [-0.39, 0.29) is 22.9 Å². The summed E-state index contributed by atoms with van der Waals surface area (Å²) in [7, 11) is 1.48. The third kappa shape index (κ3) is 2.66. The van der Waals surface area contributed by atoms with Crippen LogP contribution < -0.4 is 10.5 Å². The number of halogens is 1. The first kappa shape index (κ1) is 13.3. The molecule has 0 aliphatic rings. The fraction of sp³-hybridized carbons (Fsp3) is 0.154. The fourth-order valence-electron chi connectivity index (χ4n) is 1.60. The molecule has 1 aromatic heterocycles. The maximum absolute atomic E-state index is 12.3. The smallest absolute Gasteiger partial charge is 0.232 e. The molecule has 19 heavy (non-hydrogen) atoms. The molecule has 98 valence electrons. The lowest BCUT2D eigenvalue weighted by molar-refractivity contribution is 0.102. The first-order valence-corrected chi connectivity index (χ1v) is 5.89. The molecule has 0 saturated carbocycles. The van der Waals surface area contributed by atoms with Gasteiger partial charge in [0, 0.05) is 11.8 Å². The van der Waals surface area contributed by atoms with Crippen LogP contribution in [0.15, 0.2) is 24.3 Å². The summed E-state index contributed by atoms with van der Waals surface area (Å²) in [6.07, 6.45) is 0. The number of benzene rings is 1. The molecular weight excluding hydrogens is 266 g/mol. The molecule has 0 amide bonds. The van der Waals surface area contributed by atoms with Gasteiger partial charge >= 0.3 is 0 Å². The second-order valence-electron chi connectivity index (χ2n) is 3.91. The third-order valence-electron chi connectivity index (χ3n) is 2.54. The molecule has 2 aromatic rings. The van der Waals surface area contributed by atoms with Gasteiger partial charge in [-0.25, -0.2) is 4.98 Å². The van der Waals surface area contributed by atoms with E-state index >= 15 is 0 Å². The first-order chi connectivity index (χ1) is 9.02. The van der Waals surface area contributed by atoms with Gasteiger partial charge in [0.05, 0.1) is 23.4 Å². The summed E-state index contributed by atoms with van der Waals surface area (Å²) in [5.74, 6) is -0.0238. The van der Waals surface area contributed by atoms with Gasteiger partial charge in [-0.3, -0.25) is 4.79 Å². The van der Waals surface area contributed by atoms with Crippen molar-refractivity contribution in [2.45, 2.75) is 6.92 Å². The van der Waals surface area contributed by atoms with Crippen LogP contribution in [0.25, 0.3) is 0 Å². The number of nitrogen functional groups attached to an aromatic ring is 1. The highest BCUT2D eigenvalue weighted by Crippen LogP contribution is 2.24. The lowest BCUT2D eigenvalue weighted by Gasteiger charge is -2.07. The molecule has 0 saturated heterocycles. The molecular formula is C13H12ClN3O2. The molecule has 6 heteroatoms. The second kappa shape index (κ2) is 5.24. The third-order valence-corrected chi connectivity index (χ3v) is 2.87. The number of anilines is 1. The molecule has 2 rings (SSSR count). The molecule has 1 aromatic carbocycles. The number of nitrogens with two attached hydrogens (primary N) is 1. The Bertz CT molecular complexity index is 644. The van der Waals surface area contributed by atoms with Crippen molar-refractivity contribution in [3.8, 4) is 5.88 Å². The van der Waals surface area contributed by atoms with Gasteiger partial charge in [-0.15, -0.1) is 0 Å². The minimum absolute atomic E-state index is 0.0332. The molecule has 0 atom stereocenters. The van der Waals surface area contributed by atoms with Crippen LogP contribution in [0.2, 0.25) is 5.02 Å². The zero-order chi connectivity index (χ0) is 14.0. The van der Waals surface area contributed by atoms with Gasteiger partial charge < -0.3 is 10.5 Å². The maximum Gasteiger partial charge on any atom is 0.232 e. The van der Waals surface area contributed by atoms with E-state index < -0.39 is 0 Å². The Kier molecular flexibility index (Phi) is 3.66. The Balaban J connectivity index is 2.50. The molecule has 0 aliphatic heterocycles. The summed E-state index contributed by atoms with van der Waals surface area (Å²) >= 11 is 5.89. The largest absolute Gasteiger partial charge is 0.481 e. The van der Waals surface area contributed by atoms with E-state index in [1.165, 1.54) is 7.11 Å². The van der Waals surface area contributed by atoms with Crippen molar-refractivity contribution in [1.82, 2.24) is 9.97 Å². The number of ether oxygens (including phenoxy) is 1. The highest BCUT2D eigenvalue weighted by atomic mass is 35.5. The van der Waals surface area contributed by atoms with Crippen LogP contribution in [0.4, 0.5) is 5.69 Å². The van der Waals surface area contributed by atoms with Crippen LogP contribution in [-0.4, -0.2) is 22.9 Å². The van der Waals surface area contributed by atoms with E-state index in [2.05, 4.69) is 9.97 Å². The quantitative estimate of drug-likeness (QED) is 0.688. The van der Waals surface area contributed by atoms with E-state index in [0.29, 0.717) is 16.6 Å². The van der Waals surface area contributed by atoms with E-state index in [4.69, 9.17) is 22.1 Å². The predicted molar refractivity (Wildman–Crippen MR) is 72.6 cm³/mol. The molecule has 5 nitrogen and oxygen atoms in total. The van der Waals surface area contributed by atoms with Crippen molar-refractivity contribution in [3.05, 3.63) is 46.4 Å². The van der Waals surface area contributed by atoms with Crippen molar-refractivity contribution in [2.24, 2.45) is 0 Å². The number of hydrogen-bond acceptors (Lipinski definition) is 5. The van der Waals surface area contributed by atoms with Gasteiger partial charge in [0.25, 0.3) is 0 Å². The number of carbonyl (C=O) groups excluding carboxylic acids is 1. The Morgan fingerprint density at radius 3 is 2.79 bits per heavy atom. The summed E-state index contributed by atoms with van der Waals surface area (Å²) in [6.45, 7) is 1.75. The lowest BCUT2D eigenvalue weighted by atomic mass is 10.1. The fourth-order valence-corrected chi connectivity index (χ4v) is 1.78. The Morgan fingerprint density at radius 2 is 2.11 bits per heavy atom. The van der Waals surface area contributed by atoms with Gasteiger partial charge in [-0.2, -0.15) is 4.98 Å². The first-order valence-electron chi connectivity index (χ1n) is 5.51. The van der Waals surface area contributed by atoms with Crippen molar-refractivity contribution < 1.29 is 9.53 Å². The summed E-state index contributed by atoms with van der Waals surface area (Å²) in [4.78, 5) is 20.4. The number of rotatable bonds is 3. The van der Waals surface area contributed by atoms with E-state index in [1.807, 2.05) is 0 Å². The lowest BCUT2D eigenvalue weighted by Crippen LogP contribution is -2.11. The van der Waals surface area contributed by atoms with Crippen LogP contribution >= 0.6 is 11.6 Å². The minimum Gasteiger partial charge on any atom is -0.481 e. The van der Waals surface area contributed by atoms with Crippen LogP contribution in [-0.2, 0) is 0 Å². The molecule has 1 heterocycles. The minimum atomic E-state index is -0.387. The van der Waals surface area contributed by atoms with Crippen molar-refractivity contribution in [2.75, 3.05) is 12.8 Å². The number of carbonyl (C=O) groups is 1. The summed E-state index contributed by atoms with van der Waals surface area (Å²) < 4.78 is 5.02. The second-order valence-corrected chi connectivity index (χ2v) is 4.31. The van der Waals surface area contributed by atoms with Gasteiger partial charge in [0.1, 0.15) is 0 Å². The van der Waals surface area contributed by atoms with Crippen molar-refractivity contribution in [3.63, 3.8) is 0 Å². The molecule has 0 unspecified atom stereocenters. The summed E-state index contributed by atoms with van der Waals surface area (Å²) in [5.41, 5.74) is 6.92. The van der Waals surface area contributed by atoms with Gasteiger partial charge in [-0.1, -0.05) is 17.7 Å². The highest BCUT2D eigenvalue weighted by Gasteiger charge is 2.18. The zero-order valence-electron chi connectivity index (χ0n) is 10.5. The van der Waals surface area contributed by atoms with E-state index in [9.17, 15) is 4.79 Å². The number of aryl methyl sites for hydroxylation is 1. The monoisotopic (exact) mass is 277 g/mol. The van der Waals surface area contributed by atoms with Crippen LogP contribution in [0.3, 0.4) is 0 Å². The number of ketones is 1. The van der Waals surface area contributed by atoms with E-state index in [1.54, 1.807) is 31.2 Å². The topological polar surface area (TPSA) is 78.1 Å². The maximum atomic E-state index is 12.3. The molecule has 0 spiro atoms. The number of hydrogen-bond donors (Lipinski definition) is 1. The molecule has 0 bridgehead atoms. The van der Waals surface area contributed by atoms with Crippen LogP contribution in [0, 0.1) is 6.92 Å². The SMILES string of the molecule is COc1cc(C)nc(C(=O)c2cccc(Cl)c2N)n1. The average molecular weight is 278 g/mol. The Morgan fingerprint density at radius 1 is 1.37 bits per heavy atom. The molecule has 0 fully saturated rings. The van der Waals surface area contributed by atoms with Crippen LogP contribution in [0.1, 0.15) is 21.9 Å².